The molecular formula is C27H30FNO4. The van der Waals surface area contributed by atoms with Gasteiger partial charge in [0.05, 0.1) is 18.7 Å². The first-order chi connectivity index (χ1) is 15.6. The highest BCUT2D eigenvalue weighted by Gasteiger charge is 2.50. The van der Waals surface area contributed by atoms with E-state index >= 15 is 0 Å². The second kappa shape index (κ2) is 8.65. The number of ether oxygens (including phenoxy) is 1. The molecule has 2 aromatic rings. The lowest BCUT2D eigenvalue weighted by atomic mass is 9.84. The van der Waals surface area contributed by atoms with Crippen molar-refractivity contribution in [2.24, 2.45) is 0 Å². The average Bonchev–Trinajstić information content (AvgIpc) is 3.39. The van der Waals surface area contributed by atoms with Crippen LogP contribution in [0.4, 0.5) is 4.39 Å². The fraction of sp³-hybridized carbons (Fsp3) is 0.407. The van der Waals surface area contributed by atoms with Crippen LogP contribution in [0.1, 0.15) is 69.2 Å². The Hall–Kier alpha value is -3.15. The van der Waals surface area contributed by atoms with Gasteiger partial charge >= 0.3 is 0 Å². The largest absolute Gasteiger partial charge is 0.507 e. The summed E-state index contributed by atoms with van der Waals surface area (Å²) in [5.41, 5.74) is 1.10. The highest BCUT2D eigenvalue weighted by molar-refractivity contribution is 6.46. The van der Waals surface area contributed by atoms with Crippen molar-refractivity contribution in [2.45, 2.75) is 64.0 Å². The SMILES string of the molecule is COc1ccc(/C(O)=C2\C(=O)C(=O)N(C3CCCC3)C2c2ccccc2F)cc1C(C)(C)C. The van der Waals surface area contributed by atoms with Crippen LogP contribution in [0, 0.1) is 5.82 Å². The summed E-state index contributed by atoms with van der Waals surface area (Å²) >= 11 is 0. The van der Waals surface area contributed by atoms with Gasteiger partial charge in [0.1, 0.15) is 17.3 Å². The molecule has 2 fully saturated rings. The van der Waals surface area contributed by atoms with Crippen LogP contribution in [0.15, 0.2) is 48.0 Å². The average molecular weight is 452 g/mol. The van der Waals surface area contributed by atoms with Gasteiger partial charge in [0, 0.05) is 22.7 Å². The monoisotopic (exact) mass is 451 g/mol. The van der Waals surface area contributed by atoms with Crippen molar-refractivity contribution >= 4 is 17.4 Å². The van der Waals surface area contributed by atoms with Crippen molar-refractivity contribution in [1.29, 1.82) is 0 Å². The molecule has 1 unspecified atom stereocenters. The molecule has 1 aliphatic carbocycles. The van der Waals surface area contributed by atoms with Crippen molar-refractivity contribution in [3.8, 4) is 5.75 Å². The number of benzene rings is 2. The maximum atomic E-state index is 14.9. The zero-order valence-corrected chi connectivity index (χ0v) is 19.5. The first kappa shape index (κ1) is 23.0. The molecule has 2 aromatic carbocycles. The Morgan fingerprint density at radius 3 is 2.36 bits per heavy atom. The molecule has 33 heavy (non-hydrogen) atoms. The third-order valence-electron chi connectivity index (χ3n) is 6.68. The smallest absolute Gasteiger partial charge is 0.295 e. The van der Waals surface area contributed by atoms with Crippen molar-refractivity contribution < 1.29 is 23.8 Å². The van der Waals surface area contributed by atoms with Gasteiger partial charge in [-0.15, -0.1) is 0 Å². The number of methoxy groups -OCH3 is 1. The fourth-order valence-corrected chi connectivity index (χ4v) is 5.01. The van der Waals surface area contributed by atoms with Crippen molar-refractivity contribution in [2.75, 3.05) is 7.11 Å². The molecule has 1 heterocycles. The van der Waals surface area contributed by atoms with Crippen molar-refractivity contribution in [1.82, 2.24) is 4.90 Å². The van der Waals surface area contributed by atoms with Gasteiger partial charge in [-0.1, -0.05) is 51.8 Å². The van der Waals surface area contributed by atoms with Gasteiger partial charge in [0.2, 0.25) is 0 Å². The topological polar surface area (TPSA) is 66.8 Å². The first-order valence-electron chi connectivity index (χ1n) is 11.4. The quantitative estimate of drug-likeness (QED) is 0.379. The van der Waals surface area contributed by atoms with Crippen LogP contribution < -0.4 is 4.74 Å². The number of aliphatic hydroxyl groups excluding tert-OH is 1. The Kier molecular flexibility index (Phi) is 6.04. The predicted molar refractivity (Wildman–Crippen MR) is 124 cm³/mol. The molecule has 0 spiro atoms. The van der Waals surface area contributed by atoms with Crippen LogP contribution in [-0.2, 0) is 15.0 Å². The molecule has 1 aliphatic heterocycles. The summed E-state index contributed by atoms with van der Waals surface area (Å²) < 4.78 is 20.4. The van der Waals surface area contributed by atoms with Gasteiger partial charge in [-0.3, -0.25) is 9.59 Å². The minimum Gasteiger partial charge on any atom is -0.507 e. The zero-order chi connectivity index (χ0) is 23.9. The van der Waals surface area contributed by atoms with Gasteiger partial charge < -0.3 is 14.7 Å². The number of hydrogen-bond donors (Lipinski definition) is 1. The van der Waals surface area contributed by atoms with Crippen LogP contribution in [0.2, 0.25) is 0 Å². The molecule has 6 heteroatoms. The lowest BCUT2D eigenvalue weighted by Crippen LogP contribution is -2.38. The van der Waals surface area contributed by atoms with E-state index in [4.69, 9.17) is 4.74 Å². The number of amides is 1. The Balaban J connectivity index is 1.92. The lowest BCUT2D eigenvalue weighted by Gasteiger charge is -2.31. The molecule has 0 bridgehead atoms. The second-order valence-electron chi connectivity index (χ2n) is 9.83. The summed E-state index contributed by atoms with van der Waals surface area (Å²) in [5.74, 6) is -1.60. The first-order valence-corrected chi connectivity index (χ1v) is 11.4. The number of aliphatic hydroxyl groups is 1. The Morgan fingerprint density at radius 2 is 1.76 bits per heavy atom. The van der Waals surface area contributed by atoms with E-state index in [1.54, 1.807) is 43.5 Å². The summed E-state index contributed by atoms with van der Waals surface area (Å²) in [6.07, 6.45) is 3.42. The normalized spacial score (nSPS) is 21.1. The molecule has 1 amide bonds. The van der Waals surface area contributed by atoms with Crippen molar-refractivity contribution in [3.63, 3.8) is 0 Å². The molecule has 0 radical (unpaired) electrons. The maximum absolute atomic E-state index is 14.9. The highest BCUT2D eigenvalue weighted by atomic mass is 19.1. The lowest BCUT2D eigenvalue weighted by molar-refractivity contribution is -0.141. The van der Waals surface area contributed by atoms with Crippen LogP contribution >= 0.6 is 0 Å². The van der Waals surface area contributed by atoms with Crippen LogP contribution in [0.25, 0.3) is 5.76 Å². The summed E-state index contributed by atoms with van der Waals surface area (Å²) in [5, 5.41) is 11.4. The second-order valence-corrected chi connectivity index (χ2v) is 9.83. The molecule has 174 valence electrons. The molecule has 1 saturated carbocycles. The number of ketones is 1. The Morgan fingerprint density at radius 1 is 1.09 bits per heavy atom. The van der Waals surface area contributed by atoms with Gasteiger partial charge in [-0.25, -0.2) is 4.39 Å². The summed E-state index contributed by atoms with van der Waals surface area (Å²) in [6.45, 7) is 6.06. The molecule has 1 N–H and O–H groups in total. The van der Waals surface area contributed by atoms with E-state index in [0.29, 0.717) is 11.3 Å². The number of nitrogens with zero attached hydrogens (tertiary/aromatic N) is 1. The molecule has 2 aliphatic rings. The van der Waals surface area contributed by atoms with E-state index in [1.165, 1.54) is 11.0 Å². The zero-order valence-electron chi connectivity index (χ0n) is 19.5. The summed E-state index contributed by atoms with van der Waals surface area (Å²) in [6, 6.07) is 10.2. The van der Waals surface area contributed by atoms with Gasteiger partial charge in [-0.2, -0.15) is 0 Å². The summed E-state index contributed by atoms with van der Waals surface area (Å²) in [7, 11) is 1.58. The number of carbonyl (C=O) groups is 2. The molecule has 5 nitrogen and oxygen atoms in total. The van der Waals surface area contributed by atoms with Crippen LogP contribution in [-0.4, -0.2) is 34.8 Å². The van der Waals surface area contributed by atoms with Gasteiger partial charge in [0.25, 0.3) is 11.7 Å². The number of rotatable bonds is 4. The Labute approximate surface area is 193 Å². The maximum Gasteiger partial charge on any atom is 0.295 e. The Bertz CT molecular complexity index is 1130. The van der Waals surface area contributed by atoms with Crippen molar-refractivity contribution in [3.05, 3.63) is 70.5 Å². The van der Waals surface area contributed by atoms with E-state index < -0.39 is 23.5 Å². The van der Waals surface area contributed by atoms with E-state index in [9.17, 15) is 19.1 Å². The van der Waals surface area contributed by atoms with E-state index in [0.717, 1.165) is 31.2 Å². The molecule has 1 saturated heterocycles. The van der Waals surface area contributed by atoms with E-state index in [-0.39, 0.29) is 28.4 Å². The van der Waals surface area contributed by atoms with Gasteiger partial charge in [-0.05, 0) is 42.5 Å². The van der Waals surface area contributed by atoms with E-state index in [1.807, 2.05) is 20.8 Å². The number of carbonyl (C=O) groups excluding carboxylic acids is 2. The minimum absolute atomic E-state index is 0.0676. The van der Waals surface area contributed by atoms with E-state index in [2.05, 4.69) is 0 Å². The molecule has 4 rings (SSSR count). The standard InChI is InChI=1S/C27H30FNO4/c1-27(2,3)19-15-16(13-14-21(19)33-4)24(30)22-23(18-11-7-8-12-20(18)28)29(26(32)25(22)31)17-9-5-6-10-17/h7-8,11-15,17,23,30H,5-6,9-10H2,1-4H3/b24-22+. The van der Waals surface area contributed by atoms with Crippen LogP contribution in [0.3, 0.4) is 0 Å². The third-order valence-corrected chi connectivity index (χ3v) is 6.68. The highest BCUT2D eigenvalue weighted by Crippen LogP contribution is 2.44. The number of Topliss-reactive ketones (excluding diaryl/α,β-unsaturated/α-hetero) is 1. The molecule has 0 aromatic heterocycles. The number of likely N-dealkylation sites (tertiary alicyclic amines) is 1. The van der Waals surface area contributed by atoms with Crippen LogP contribution in [0.5, 0.6) is 5.75 Å². The van der Waals surface area contributed by atoms with Gasteiger partial charge in [0.15, 0.2) is 0 Å². The predicted octanol–water partition coefficient (Wildman–Crippen LogP) is 5.50. The number of hydrogen-bond acceptors (Lipinski definition) is 4. The fourth-order valence-electron chi connectivity index (χ4n) is 5.01. The molecular weight excluding hydrogens is 421 g/mol. The molecule has 1 atom stereocenters. The summed E-state index contributed by atoms with van der Waals surface area (Å²) in [4.78, 5) is 27.9. The number of halogens is 1. The minimum atomic E-state index is -0.963. The third kappa shape index (κ3) is 4.03.